The van der Waals surface area contributed by atoms with Crippen molar-refractivity contribution in [2.75, 3.05) is 0 Å². The number of benzene rings is 4. The predicted octanol–water partition coefficient (Wildman–Crippen LogP) is 5.86. The lowest BCUT2D eigenvalue weighted by Crippen LogP contribution is -2.45. The Hall–Kier alpha value is -2.76. The van der Waals surface area contributed by atoms with Gasteiger partial charge in [-0.15, -0.1) is 15.8 Å². The monoisotopic (exact) mass is 608 g/mol. The molecule has 1 fully saturated rings. The molecule has 5 rings (SSSR count). The first kappa shape index (κ1) is 26.8. The van der Waals surface area contributed by atoms with E-state index < -0.39 is 37.9 Å². The van der Waals surface area contributed by atoms with Crippen LogP contribution < -0.4 is 0 Å². The van der Waals surface area contributed by atoms with Gasteiger partial charge in [-0.25, -0.2) is 16.8 Å². The molecule has 0 radical (unpaired) electrons. The van der Waals surface area contributed by atoms with Crippen molar-refractivity contribution in [3.05, 3.63) is 131 Å². The molecule has 2 atom stereocenters. The van der Waals surface area contributed by atoms with E-state index in [0.717, 1.165) is 11.1 Å². The van der Waals surface area contributed by atoms with E-state index in [1.807, 2.05) is 74.5 Å². The van der Waals surface area contributed by atoms with Crippen LogP contribution in [-0.2, 0) is 20.0 Å². The van der Waals surface area contributed by atoms with Gasteiger partial charge in [0, 0.05) is 0 Å². The summed E-state index contributed by atoms with van der Waals surface area (Å²) < 4.78 is 59.5. The van der Waals surface area contributed by atoms with Crippen LogP contribution in [0.3, 0.4) is 0 Å². The van der Waals surface area contributed by atoms with Crippen molar-refractivity contribution in [2.24, 2.45) is 0 Å². The summed E-state index contributed by atoms with van der Waals surface area (Å²) in [5, 5.41) is 0. The van der Waals surface area contributed by atoms with Gasteiger partial charge < -0.3 is 0 Å². The van der Waals surface area contributed by atoms with Gasteiger partial charge in [-0.2, -0.15) is 8.43 Å². The van der Waals surface area contributed by atoms with Gasteiger partial charge in [0.05, 0.1) is 21.9 Å². The van der Waals surface area contributed by atoms with Crippen molar-refractivity contribution in [1.29, 1.82) is 0 Å². The van der Waals surface area contributed by atoms with Crippen LogP contribution in [0.4, 0.5) is 0 Å². The van der Waals surface area contributed by atoms with E-state index in [1.165, 1.54) is 8.43 Å². The fraction of sp³-hybridized carbons (Fsp3) is 0.143. The van der Waals surface area contributed by atoms with Crippen LogP contribution in [0.25, 0.3) is 0 Å². The normalized spacial score (nSPS) is 19.1. The zero-order valence-corrected chi connectivity index (χ0v) is 24.1. The van der Waals surface area contributed by atoms with Gasteiger partial charge >= 0.3 is 5.81 Å². The minimum absolute atomic E-state index is 0.0925. The van der Waals surface area contributed by atoms with Gasteiger partial charge in [0.15, 0.2) is 0 Å². The highest BCUT2D eigenvalue weighted by Crippen LogP contribution is 2.51. The van der Waals surface area contributed by atoms with Gasteiger partial charge in [0.1, 0.15) is 0 Å². The van der Waals surface area contributed by atoms with E-state index in [1.54, 1.807) is 48.5 Å². The highest BCUT2D eigenvalue weighted by molar-refractivity contribution is 9.24. The maximum atomic E-state index is 14.2. The lowest BCUT2D eigenvalue weighted by Gasteiger charge is -2.30. The number of nitrogens with zero attached hydrogens (tertiary/aromatic N) is 2. The number of sulfonamides is 2. The number of aryl methyl sites for hydroxylation is 2. The molecule has 0 spiro atoms. The molecule has 4 aromatic carbocycles. The topological polar surface area (TPSA) is 74.8 Å². The molecular formula is C28H26BBrN2O4S2. The third-order valence-corrected chi connectivity index (χ3v) is 11.9. The van der Waals surface area contributed by atoms with E-state index in [-0.39, 0.29) is 9.79 Å². The van der Waals surface area contributed by atoms with Crippen molar-refractivity contribution >= 4 is 41.6 Å². The van der Waals surface area contributed by atoms with E-state index in [2.05, 4.69) is 15.8 Å². The molecule has 0 aromatic heterocycles. The van der Waals surface area contributed by atoms with Crippen LogP contribution in [0.5, 0.6) is 0 Å². The second-order valence-electron chi connectivity index (χ2n) is 9.32. The van der Waals surface area contributed by atoms with E-state index in [4.69, 9.17) is 0 Å². The molecule has 0 bridgehead atoms. The first-order chi connectivity index (χ1) is 18.1. The van der Waals surface area contributed by atoms with Crippen molar-refractivity contribution in [1.82, 2.24) is 8.43 Å². The quantitative estimate of drug-likeness (QED) is 0.257. The molecule has 10 heteroatoms. The Morgan fingerprint density at radius 2 is 0.868 bits per heavy atom. The van der Waals surface area contributed by atoms with E-state index in [0.29, 0.717) is 11.1 Å². The maximum absolute atomic E-state index is 14.2. The van der Waals surface area contributed by atoms with Crippen LogP contribution in [0.1, 0.15) is 34.3 Å². The summed E-state index contributed by atoms with van der Waals surface area (Å²) in [5.74, 6) is -1.18. The van der Waals surface area contributed by atoms with Crippen LogP contribution >= 0.6 is 15.8 Å². The standard InChI is InChI=1S/C28H26BBrN2O4S2/c1-21-13-17-25(18-14-21)37(33,34)31-27(23-9-5-3-6-10-23)28(24-11-7-4-8-12-24)32(29(31)30)38(35,36)26-19-15-22(2)16-20-26/h3-20,27-28H,1-2H3/t27-,28-/m1/s1. The molecule has 1 aliphatic rings. The second kappa shape index (κ2) is 10.4. The highest BCUT2D eigenvalue weighted by atomic mass is 79.9. The molecule has 0 saturated carbocycles. The molecule has 0 N–H and O–H groups in total. The molecule has 1 aliphatic heterocycles. The number of hydrogen-bond acceptors (Lipinski definition) is 4. The summed E-state index contributed by atoms with van der Waals surface area (Å²) >= 11 is 3.54. The molecule has 0 aliphatic carbocycles. The Balaban J connectivity index is 1.77. The maximum Gasteiger partial charge on any atom is 0.420 e. The summed E-state index contributed by atoms with van der Waals surface area (Å²) in [6.07, 6.45) is 0. The first-order valence-electron chi connectivity index (χ1n) is 12.1. The average molecular weight is 609 g/mol. The Kier molecular flexibility index (Phi) is 7.36. The molecule has 0 unspecified atom stereocenters. The summed E-state index contributed by atoms with van der Waals surface area (Å²) in [6, 6.07) is 29.8. The number of hydrogen-bond donors (Lipinski definition) is 0. The Morgan fingerprint density at radius 3 is 1.18 bits per heavy atom. The molecular weight excluding hydrogens is 583 g/mol. The lowest BCUT2D eigenvalue weighted by atomic mass is 9.95. The van der Waals surface area contributed by atoms with Gasteiger partial charge in [-0.05, 0) is 49.2 Å². The van der Waals surface area contributed by atoms with Crippen molar-refractivity contribution < 1.29 is 16.8 Å². The second-order valence-corrected chi connectivity index (χ2v) is 13.8. The van der Waals surface area contributed by atoms with Crippen LogP contribution in [0.15, 0.2) is 119 Å². The van der Waals surface area contributed by atoms with Crippen molar-refractivity contribution in [3.63, 3.8) is 0 Å². The SMILES string of the molecule is Cc1ccc(S(=O)(=O)N2B(Br)N(S(=O)(=O)c3ccc(C)cc3)[C@H](c3ccccc3)[C@H]2c2ccccc2)cc1. The van der Waals surface area contributed by atoms with Gasteiger partial charge in [0.2, 0.25) is 20.0 Å². The summed E-state index contributed by atoms with van der Waals surface area (Å²) in [4.78, 5) is 0.185. The minimum atomic E-state index is -4.14. The van der Waals surface area contributed by atoms with Crippen LogP contribution in [0.2, 0.25) is 0 Å². The zero-order chi connectivity index (χ0) is 27.1. The molecule has 6 nitrogen and oxygen atoms in total. The smallest absolute Gasteiger partial charge is 0.208 e. The van der Waals surface area contributed by atoms with Gasteiger partial charge in [0.25, 0.3) is 0 Å². The molecule has 1 heterocycles. The first-order valence-corrected chi connectivity index (χ1v) is 15.9. The van der Waals surface area contributed by atoms with Crippen molar-refractivity contribution in [3.8, 4) is 0 Å². The number of rotatable bonds is 6. The summed E-state index contributed by atoms with van der Waals surface area (Å²) in [6.45, 7) is 3.77. The fourth-order valence-corrected chi connectivity index (χ4v) is 9.88. The zero-order valence-electron chi connectivity index (χ0n) is 20.8. The van der Waals surface area contributed by atoms with Gasteiger partial charge in [-0.3, -0.25) is 0 Å². The molecule has 194 valence electrons. The largest absolute Gasteiger partial charge is 0.420 e. The Morgan fingerprint density at radius 1 is 0.553 bits per heavy atom. The lowest BCUT2D eigenvalue weighted by molar-refractivity contribution is 0.377. The minimum Gasteiger partial charge on any atom is -0.208 e. The van der Waals surface area contributed by atoms with Gasteiger partial charge in [-0.1, -0.05) is 96.1 Å². The number of halogens is 1. The summed E-state index contributed by atoms with van der Waals surface area (Å²) in [7, 11) is -8.29. The third kappa shape index (κ3) is 4.76. The van der Waals surface area contributed by atoms with Crippen LogP contribution in [-0.4, -0.2) is 31.1 Å². The predicted molar refractivity (Wildman–Crippen MR) is 153 cm³/mol. The average Bonchev–Trinajstić information content (AvgIpc) is 3.24. The Labute approximate surface area is 233 Å². The Bertz CT molecular complexity index is 1510. The molecule has 4 aromatic rings. The van der Waals surface area contributed by atoms with E-state index in [9.17, 15) is 16.8 Å². The van der Waals surface area contributed by atoms with E-state index >= 15 is 0 Å². The highest BCUT2D eigenvalue weighted by Gasteiger charge is 2.59. The molecule has 0 amide bonds. The fourth-order valence-electron chi connectivity index (χ4n) is 4.81. The third-order valence-electron chi connectivity index (χ3n) is 6.74. The van der Waals surface area contributed by atoms with Crippen LogP contribution in [0, 0.1) is 13.8 Å². The summed E-state index contributed by atoms with van der Waals surface area (Å²) in [5.41, 5.74) is 3.21. The molecule has 38 heavy (non-hydrogen) atoms. The van der Waals surface area contributed by atoms with Crippen molar-refractivity contribution in [2.45, 2.75) is 35.7 Å². The molecule has 1 saturated heterocycles.